The van der Waals surface area contributed by atoms with E-state index in [4.69, 9.17) is 17.3 Å². The van der Waals surface area contributed by atoms with E-state index in [1.807, 2.05) is 0 Å². The third-order valence-electron chi connectivity index (χ3n) is 2.71. The molecule has 4 nitrogen and oxygen atoms in total. The standard InChI is InChI=1S/C14H12ClFN2O2/c1-20-14(19)9-3-2-4-12(13(9)17)18-8-5-6-11(16)10(15)7-8/h2-7,18H,17H2,1H3. The predicted molar refractivity (Wildman–Crippen MR) is 76.9 cm³/mol. The zero-order valence-electron chi connectivity index (χ0n) is 10.6. The molecule has 0 spiro atoms. The fourth-order valence-corrected chi connectivity index (χ4v) is 1.87. The molecule has 0 fully saturated rings. The Kier molecular flexibility index (Phi) is 4.10. The number of nitrogen functional groups attached to an aromatic ring is 1. The Morgan fingerprint density at radius 1 is 1.35 bits per heavy atom. The average molecular weight is 295 g/mol. The van der Waals surface area contributed by atoms with E-state index < -0.39 is 11.8 Å². The number of methoxy groups -OCH3 is 1. The molecule has 0 saturated carbocycles. The summed E-state index contributed by atoms with van der Waals surface area (Å²) >= 11 is 5.70. The number of rotatable bonds is 3. The summed E-state index contributed by atoms with van der Waals surface area (Å²) in [5.41, 5.74) is 7.48. The van der Waals surface area contributed by atoms with Crippen molar-refractivity contribution in [2.75, 3.05) is 18.2 Å². The molecule has 0 aliphatic carbocycles. The van der Waals surface area contributed by atoms with Crippen molar-refractivity contribution in [2.45, 2.75) is 0 Å². The first kappa shape index (κ1) is 14.1. The zero-order chi connectivity index (χ0) is 14.7. The van der Waals surface area contributed by atoms with Gasteiger partial charge in [0, 0.05) is 5.69 Å². The van der Waals surface area contributed by atoms with E-state index in [2.05, 4.69) is 10.1 Å². The number of carbonyl (C=O) groups is 1. The molecular formula is C14H12ClFN2O2. The van der Waals surface area contributed by atoms with Crippen molar-refractivity contribution in [2.24, 2.45) is 0 Å². The number of anilines is 3. The monoisotopic (exact) mass is 294 g/mol. The van der Waals surface area contributed by atoms with Crippen molar-refractivity contribution < 1.29 is 13.9 Å². The van der Waals surface area contributed by atoms with Gasteiger partial charge in [-0.05, 0) is 30.3 Å². The lowest BCUT2D eigenvalue weighted by Crippen LogP contribution is -2.07. The first-order valence-electron chi connectivity index (χ1n) is 5.72. The summed E-state index contributed by atoms with van der Waals surface area (Å²) in [6.07, 6.45) is 0. The van der Waals surface area contributed by atoms with Gasteiger partial charge in [0.2, 0.25) is 0 Å². The smallest absolute Gasteiger partial charge is 0.340 e. The van der Waals surface area contributed by atoms with E-state index in [0.717, 1.165) is 0 Å². The molecule has 0 atom stereocenters. The molecule has 20 heavy (non-hydrogen) atoms. The van der Waals surface area contributed by atoms with E-state index in [1.54, 1.807) is 18.2 Å². The summed E-state index contributed by atoms with van der Waals surface area (Å²) in [7, 11) is 1.28. The lowest BCUT2D eigenvalue weighted by Gasteiger charge is -2.12. The molecular weight excluding hydrogens is 283 g/mol. The SMILES string of the molecule is COC(=O)c1cccc(Nc2ccc(F)c(Cl)c2)c1N. The van der Waals surface area contributed by atoms with Crippen LogP contribution in [0.25, 0.3) is 0 Å². The summed E-state index contributed by atoms with van der Waals surface area (Å²) in [6, 6.07) is 9.11. The lowest BCUT2D eigenvalue weighted by atomic mass is 10.1. The van der Waals surface area contributed by atoms with Gasteiger partial charge in [0.25, 0.3) is 0 Å². The highest BCUT2D eigenvalue weighted by Gasteiger charge is 2.13. The quantitative estimate of drug-likeness (QED) is 0.671. The van der Waals surface area contributed by atoms with Crippen molar-refractivity contribution in [3.8, 4) is 0 Å². The van der Waals surface area contributed by atoms with Gasteiger partial charge in [-0.1, -0.05) is 17.7 Å². The number of hydrogen-bond donors (Lipinski definition) is 2. The van der Waals surface area contributed by atoms with Crippen LogP contribution in [0.1, 0.15) is 10.4 Å². The molecule has 0 bridgehead atoms. The number of halogens is 2. The first-order chi connectivity index (χ1) is 9.52. The number of para-hydroxylation sites is 1. The van der Waals surface area contributed by atoms with Gasteiger partial charge in [-0.3, -0.25) is 0 Å². The second kappa shape index (κ2) is 5.79. The molecule has 0 radical (unpaired) electrons. The normalized spacial score (nSPS) is 10.2. The van der Waals surface area contributed by atoms with E-state index in [-0.39, 0.29) is 16.3 Å². The molecule has 0 unspecified atom stereocenters. The Balaban J connectivity index is 2.34. The van der Waals surface area contributed by atoms with Crippen LogP contribution in [0.15, 0.2) is 36.4 Å². The highest BCUT2D eigenvalue weighted by molar-refractivity contribution is 6.31. The summed E-state index contributed by atoms with van der Waals surface area (Å²) in [5, 5.41) is 2.97. The van der Waals surface area contributed by atoms with Crippen LogP contribution < -0.4 is 11.1 Å². The van der Waals surface area contributed by atoms with Gasteiger partial charge in [0.15, 0.2) is 0 Å². The fourth-order valence-electron chi connectivity index (χ4n) is 1.69. The number of ether oxygens (including phenoxy) is 1. The van der Waals surface area contributed by atoms with Crippen molar-refractivity contribution in [3.05, 3.63) is 52.8 Å². The van der Waals surface area contributed by atoms with Crippen molar-refractivity contribution in [3.63, 3.8) is 0 Å². The average Bonchev–Trinajstić information content (AvgIpc) is 2.44. The Morgan fingerprint density at radius 3 is 2.75 bits per heavy atom. The second-order valence-corrected chi connectivity index (χ2v) is 4.42. The summed E-state index contributed by atoms with van der Waals surface area (Å²) in [6.45, 7) is 0. The molecule has 2 aromatic rings. The Labute approximate surface area is 120 Å². The van der Waals surface area contributed by atoms with E-state index in [9.17, 15) is 9.18 Å². The molecule has 0 aromatic heterocycles. The van der Waals surface area contributed by atoms with E-state index in [0.29, 0.717) is 11.4 Å². The molecule has 2 aromatic carbocycles. The molecule has 104 valence electrons. The van der Waals surface area contributed by atoms with Crippen LogP contribution in [0.5, 0.6) is 0 Å². The van der Waals surface area contributed by atoms with Crippen LogP contribution in [0, 0.1) is 5.82 Å². The third kappa shape index (κ3) is 2.83. The summed E-state index contributed by atoms with van der Waals surface area (Å²) in [5.74, 6) is -1.03. The Hall–Kier alpha value is -2.27. The largest absolute Gasteiger partial charge is 0.465 e. The molecule has 2 rings (SSSR count). The minimum absolute atomic E-state index is 0.00214. The highest BCUT2D eigenvalue weighted by Crippen LogP contribution is 2.28. The van der Waals surface area contributed by atoms with Crippen molar-refractivity contribution >= 4 is 34.6 Å². The van der Waals surface area contributed by atoms with Crippen LogP contribution in [0.4, 0.5) is 21.5 Å². The van der Waals surface area contributed by atoms with Crippen LogP contribution in [0.2, 0.25) is 5.02 Å². The molecule has 6 heteroatoms. The van der Waals surface area contributed by atoms with Gasteiger partial charge >= 0.3 is 5.97 Å². The van der Waals surface area contributed by atoms with Crippen LogP contribution in [-0.4, -0.2) is 13.1 Å². The van der Waals surface area contributed by atoms with Crippen LogP contribution in [-0.2, 0) is 4.74 Å². The Morgan fingerprint density at radius 2 is 2.10 bits per heavy atom. The molecule has 0 heterocycles. The zero-order valence-corrected chi connectivity index (χ0v) is 11.4. The molecule has 0 aliphatic heterocycles. The summed E-state index contributed by atoms with van der Waals surface area (Å²) in [4.78, 5) is 11.5. The van der Waals surface area contributed by atoms with Gasteiger partial charge in [-0.2, -0.15) is 0 Å². The van der Waals surface area contributed by atoms with Crippen LogP contribution >= 0.6 is 11.6 Å². The third-order valence-corrected chi connectivity index (χ3v) is 3.00. The lowest BCUT2D eigenvalue weighted by molar-refractivity contribution is 0.0602. The molecule has 3 N–H and O–H groups in total. The van der Waals surface area contributed by atoms with E-state index >= 15 is 0 Å². The maximum Gasteiger partial charge on any atom is 0.340 e. The number of esters is 1. The van der Waals surface area contributed by atoms with Gasteiger partial charge in [-0.25, -0.2) is 9.18 Å². The number of hydrogen-bond acceptors (Lipinski definition) is 4. The van der Waals surface area contributed by atoms with Gasteiger partial charge in [0.1, 0.15) is 5.82 Å². The number of nitrogens with two attached hydrogens (primary N) is 1. The van der Waals surface area contributed by atoms with Crippen molar-refractivity contribution in [1.29, 1.82) is 0 Å². The first-order valence-corrected chi connectivity index (χ1v) is 6.09. The fraction of sp³-hybridized carbons (Fsp3) is 0.0714. The Bertz CT molecular complexity index is 662. The van der Waals surface area contributed by atoms with Crippen LogP contribution in [0.3, 0.4) is 0 Å². The predicted octanol–water partition coefficient (Wildman–Crippen LogP) is 3.59. The van der Waals surface area contributed by atoms with Gasteiger partial charge < -0.3 is 15.8 Å². The number of carbonyl (C=O) groups excluding carboxylic acids is 1. The maximum absolute atomic E-state index is 13.1. The minimum atomic E-state index is -0.525. The highest BCUT2D eigenvalue weighted by atomic mass is 35.5. The second-order valence-electron chi connectivity index (χ2n) is 4.01. The minimum Gasteiger partial charge on any atom is -0.465 e. The molecule has 0 saturated heterocycles. The topological polar surface area (TPSA) is 64.3 Å². The van der Waals surface area contributed by atoms with Gasteiger partial charge in [-0.15, -0.1) is 0 Å². The maximum atomic E-state index is 13.1. The molecule has 0 aliphatic rings. The van der Waals surface area contributed by atoms with E-state index in [1.165, 1.54) is 25.3 Å². The number of nitrogens with one attached hydrogen (secondary N) is 1. The van der Waals surface area contributed by atoms with Crippen molar-refractivity contribution in [1.82, 2.24) is 0 Å². The molecule has 0 amide bonds. The van der Waals surface area contributed by atoms with Gasteiger partial charge in [0.05, 0.1) is 29.1 Å². The number of benzene rings is 2. The summed E-state index contributed by atoms with van der Waals surface area (Å²) < 4.78 is 17.7.